The minimum Gasteiger partial charge on any atom is -0.508 e. The molecule has 5 nitrogen and oxygen atoms in total. The summed E-state index contributed by atoms with van der Waals surface area (Å²) in [7, 11) is 0. The van der Waals surface area contributed by atoms with Gasteiger partial charge in [-0.05, 0) is 48.7 Å². The number of carbonyl (C=O) groups excluding carboxylic acids is 1. The minimum atomic E-state index is -0.388. The van der Waals surface area contributed by atoms with Gasteiger partial charge in [-0.1, -0.05) is 6.07 Å². The van der Waals surface area contributed by atoms with Crippen LogP contribution in [-0.2, 0) is 10.2 Å². The number of fused-ring (bicyclic) bond motifs is 6. The number of phenols is 1. The van der Waals surface area contributed by atoms with Gasteiger partial charge < -0.3 is 14.8 Å². The zero-order valence-corrected chi connectivity index (χ0v) is 14.0. The van der Waals surface area contributed by atoms with Gasteiger partial charge in [0.1, 0.15) is 5.75 Å². The molecular formula is C21H16N2O3. The van der Waals surface area contributed by atoms with Gasteiger partial charge in [-0.25, -0.2) is 0 Å². The molecule has 128 valence electrons. The Kier molecular flexibility index (Phi) is 3.03. The molecule has 1 aliphatic carbocycles. The second kappa shape index (κ2) is 5.20. The molecule has 5 rings (SSSR count). The highest BCUT2D eigenvalue weighted by molar-refractivity contribution is 6.20. The summed E-state index contributed by atoms with van der Waals surface area (Å²) in [6.07, 6.45) is 1.48. The van der Waals surface area contributed by atoms with Crippen LogP contribution in [0.4, 0.5) is 0 Å². The third-order valence-electron chi connectivity index (χ3n) is 5.74. The van der Waals surface area contributed by atoms with Gasteiger partial charge in [-0.15, -0.1) is 0 Å². The quantitative estimate of drug-likeness (QED) is 0.654. The van der Waals surface area contributed by atoms with E-state index in [1.807, 2.05) is 6.07 Å². The first-order valence-corrected chi connectivity index (χ1v) is 8.66. The third kappa shape index (κ3) is 1.85. The van der Waals surface area contributed by atoms with E-state index in [0.717, 1.165) is 35.0 Å². The number of carbonyl (C=O) groups is 1. The normalized spacial score (nSPS) is 17.7. The Morgan fingerprint density at radius 2 is 1.96 bits per heavy atom. The van der Waals surface area contributed by atoms with Crippen LogP contribution in [0.15, 0.2) is 36.4 Å². The molecule has 0 amide bonds. The van der Waals surface area contributed by atoms with E-state index < -0.39 is 0 Å². The second-order valence-corrected chi connectivity index (χ2v) is 7.00. The van der Waals surface area contributed by atoms with E-state index >= 15 is 0 Å². The molecule has 26 heavy (non-hydrogen) atoms. The summed E-state index contributed by atoms with van der Waals surface area (Å²) in [5, 5.41) is 20.1. The number of rotatable bonds is 0. The Morgan fingerprint density at radius 1 is 1.15 bits per heavy atom. The molecule has 2 heterocycles. The number of phenolic OH excluding ortho intramolecular Hbond substituents is 1. The molecule has 1 aliphatic heterocycles. The van der Waals surface area contributed by atoms with E-state index in [9.17, 15) is 15.2 Å². The summed E-state index contributed by atoms with van der Waals surface area (Å²) in [4.78, 5) is 16.7. The smallest absolute Gasteiger partial charge is 0.195 e. The van der Waals surface area contributed by atoms with Crippen molar-refractivity contribution >= 4 is 16.7 Å². The van der Waals surface area contributed by atoms with Crippen molar-refractivity contribution in [3.63, 3.8) is 0 Å². The molecule has 0 unspecified atom stereocenters. The number of ketones is 1. The predicted molar refractivity (Wildman–Crippen MR) is 95.4 cm³/mol. The Labute approximate surface area is 149 Å². The zero-order chi connectivity index (χ0) is 17.9. The number of nitriles is 1. The first-order chi connectivity index (χ1) is 12.6. The molecule has 2 N–H and O–H groups in total. The zero-order valence-electron chi connectivity index (χ0n) is 14.0. The number of nitrogens with one attached hydrogen (secondary N) is 1. The minimum absolute atomic E-state index is 0.0388. The van der Waals surface area contributed by atoms with Gasteiger partial charge in [-0.3, -0.25) is 4.79 Å². The molecular weight excluding hydrogens is 328 g/mol. The molecule has 1 aromatic heterocycles. The van der Waals surface area contributed by atoms with Crippen molar-refractivity contribution in [1.29, 1.82) is 5.26 Å². The highest BCUT2D eigenvalue weighted by Gasteiger charge is 2.46. The number of aromatic hydroxyl groups is 1. The van der Waals surface area contributed by atoms with E-state index in [1.54, 1.807) is 30.3 Å². The summed E-state index contributed by atoms with van der Waals surface area (Å²) >= 11 is 0. The fourth-order valence-corrected chi connectivity index (χ4v) is 4.50. The number of H-pyrrole nitrogens is 1. The van der Waals surface area contributed by atoms with E-state index in [1.165, 1.54) is 0 Å². The first kappa shape index (κ1) is 15.2. The summed E-state index contributed by atoms with van der Waals surface area (Å²) < 4.78 is 5.59. The van der Waals surface area contributed by atoms with Gasteiger partial charge in [0.25, 0.3) is 0 Å². The van der Waals surface area contributed by atoms with Crippen molar-refractivity contribution in [1.82, 2.24) is 4.98 Å². The maximum absolute atomic E-state index is 13.3. The number of nitrogens with zero attached hydrogens (tertiary/aromatic N) is 1. The summed E-state index contributed by atoms with van der Waals surface area (Å²) in [6.45, 7) is 1.20. The van der Waals surface area contributed by atoms with E-state index in [2.05, 4.69) is 11.1 Å². The number of aromatic nitrogens is 1. The predicted octanol–water partition coefficient (Wildman–Crippen LogP) is 3.39. The first-order valence-electron chi connectivity index (χ1n) is 8.66. The molecule has 0 atom stereocenters. The molecule has 0 radical (unpaired) electrons. The molecule has 1 spiro atoms. The van der Waals surface area contributed by atoms with Crippen LogP contribution in [0.25, 0.3) is 10.9 Å². The van der Waals surface area contributed by atoms with E-state index in [4.69, 9.17) is 4.74 Å². The number of ether oxygens (including phenoxy) is 1. The van der Waals surface area contributed by atoms with E-state index in [0.29, 0.717) is 29.9 Å². The van der Waals surface area contributed by atoms with Crippen molar-refractivity contribution in [3.8, 4) is 11.8 Å². The van der Waals surface area contributed by atoms with Crippen LogP contribution in [0.1, 0.15) is 45.6 Å². The molecule has 5 heteroatoms. The third-order valence-corrected chi connectivity index (χ3v) is 5.74. The van der Waals surface area contributed by atoms with Crippen LogP contribution in [0.3, 0.4) is 0 Å². The van der Waals surface area contributed by atoms with Crippen molar-refractivity contribution in [3.05, 3.63) is 64.3 Å². The highest BCUT2D eigenvalue weighted by atomic mass is 16.5. The van der Waals surface area contributed by atoms with Crippen LogP contribution >= 0.6 is 0 Å². The Morgan fingerprint density at radius 3 is 2.73 bits per heavy atom. The van der Waals surface area contributed by atoms with Crippen LogP contribution in [0, 0.1) is 11.3 Å². The van der Waals surface area contributed by atoms with Gasteiger partial charge in [0.15, 0.2) is 5.78 Å². The van der Waals surface area contributed by atoms with Crippen LogP contribution in [-0.4, -0.2) is 29.1 Å². The average Bonchev–Trinajstić information content (AvgIpc) is 3.06. The Hall–Kier alpha value is -3.10. The van der Waals surface area contributed by atoms with Crippen molar-refractivity contribution in [2.24, 2.45) is 0 Å². The molecule has 2 aromatic carbocycles. The molecule has 1 saturated heterocycles. The SMILES string of the molecule is N#Cc1ccc2c3c([nH]c2c1)C1(CCOCC1)c1cc(O)ccc1C3=O. The van der Waals surface area contributed by atoms with Crippen molar-refractivity contribution < 1.29 is 14.6 Å². The van der Waals surface area contributed by atoms with Gasteiger partial charge in [-0.2, -0.15) is 5.26 Å². The molecule has 1 fully saturated rings. The summed E-state index contributed by atoms with van der Waals surface area (Å²) in [6, 6.07) is 12.5. The monoisotopic (exact) mass is 344 g/mol. The fraction of sp³-hybridized carbons (Fsp3) is 0.238. The fourth-order valence-electron chi connectivity index (χ4n) is 4.50. The lowest BCUT2D eigenvalue weighted by Crippen LogP contribution is -2.40. The lowest BCUT2D eigenvalue weighted by molar-refractivity contribution is 0.0601. The van der Waals surface area contributed by atoms with E-state index in [-0.39, 0.29) is 16.9 Å². The maximum Gasteiger partial charge on any atom is 0.195 e. The van der Waals surface area contributed by atoms with Crippen LogP contribution in [0.2, 0.25) is 0 Å². The summed E-state index contributed by atoms with van der Waals surface area (Å²) in [5.74, 6) is 0.122. The Balaban J connectivity index is 1.87. The van der Waals surface area contributed by atoms with Gasteiger partial charge >= 0.3 is 0 Å². The van der Waals surface area contributed by atoms with Crippen LogP contribution in [0.5, 0.6) is 5.75 Å². The summed E-state index contributed by atoms with van der Waals surface area (Å²) in [5.41, 5.74) is 4.04. The second-order valence-electron chi connectivity index (χ2n) is 7.00. The highest BCUT2D eigenvalue weighted by Crippen LogP contribution is 2.50. The van der Waals surface area contributed by atoms with Gasteiger partial charge in [0.2, 0.25) is 0 Å². The lowest BCUT2D eigenvalue weighted by atomic mass is 9.64. The number of aromatic amines is 1. The van der Waals surface area contributed by atoms with Gasteiger partial charge in [0.05, 0.1) is 17.2 Å². The number of hydrogen-bond acceptors (Lipinski definition) is 4. The van der Waals surface area contributed by atoms with Crippen molar-refractivity contribution in [2.45, 2.75) is 18.3 Å². The molecule has 3 aromatic rings. The average molecular weight is 344 g/mol. The number of benzene rings is 2. The van der Waals surface area contributed by atoms with Crippen LogP contribution < -0.4 is 0 Å². The molecule has 0 saturated carbocycles. The Bertz CT molecular complexity index is 1110. The number of hydrogen-bond donors (Lipinski definition) is 2. The topological polar surface area (TPSA) is 86.1 Å². The lowest BCUT2D eigenvalue weighted by Gasteiger charge is -2.41. The van der Waals surface area contributed by atoms with Gasteiger partial charge in [0, 0.05) is 40.8 Å². The molecule has 2 aliphatic rings. The molecule has 0 bridgehead atoms. The van der Waals surface area contributed by atoms with Crippen molar-refractivity contribution in [2.75, 3.05) is 13.2 Å². The maximum atomic E-state index is 13.3. The largest absolute Gasteiger partial charge is 0.508 e. The standard InChI is InChI=1S/C21H16N2O3/c22-11-12-1-3-15-17(9-12)23-20-18(15)19(25)14-4-2-13(24)10-16(14)21(20)5-7-26-8-6-21/h1-4,9-10,23-24H,5-8H2.